The molecule has 0 spiro atoms. The van der Waals surface area contributed by atoms with Gasteiger partial charge in [0.05, 0.1) is 18.5 Å². The Bertz CT molecular complexity index is 1120. The van der Waals surface area contributed by atoms with Crippen LogP contribution in [0.1, 0.15) is 5.56 Å². The summed E-state index contributed by atoms with van der Waals surface area (Å²) < 4.78 is 5.21. The molecule has 9 nitrogen and oxygen atoms in total. The first-order valence-corrected chi connectivity index (χ1v) is 10.0. The zero-order valence-corrected chi connectivity index (χ0v) is 18.0. The van der Waals surface area contributed by atoms with Gasteiger partial charge in [-0.05, 0) is 42.8 Å². The maximum Gasteiger partial charge on any atom is 0.263 e. The van der Waals surface area contributed by atoms with Gasteiger partial charge in [-0.25, -0.2) is 4.90 Å². The van der Waals surface area contributed by atoms with Gasteiger partial charge in [0, 0.05) is 10.0 Å². The highest BCUT2D eigenvalue weighted by Crippen LogP contribution is 2.34. The van der Waals surface area contributed by atoms with Crippen molar-refractivity contribution >= 4 is 52.3 Å². The highest BCUT2D eigenvalue weighted by Gasteiger charge is 2.55. The Morgan fingerprint density at radius 3 is 2.65 bits per heavy atom. The van der Waals surface area contributed by atoms with E-state index in [1.165, 1.54) is 12.1 Å². The maximum atomic E-state index is 13.0. The smallest absolute Gasteiger partial charge is 0.263 e. The predicted molar refractivity (Wildman–Crippen MR) is 114 cm³/mol. The number of imide groups is 1. The van der Waals surface area contributed by atoms with E-state index in [-0.39, 0.29) is 6.54 Å². The van der Waals surface area contributed by atoms with Crippen molar-refractivity contribution in [3.63, 3.8) is 0 Å². The minimum atomic E-state index is -1.01. The molecular formula is C20H17Cl2N5O4. The van der Waals surface area contributed by atoms with Crippen molar-refractivity contribution in [1.29, 1.82) is 0 Å². The Kier molecular flexibility index (Phi) is 5.55. The molecule has 1 saturated heterocycles. The van der Waals surface area contributed by atoms with Gasteiger partial charge in [0.1, 0.15) is 12.3 Å². The van der Waals surface area contributed by atoms with Gasteiger partial charge >= 0.3 is 0 Å². The average molecular weight is 462 g/mol. The standard InChI is InChI=1S/C20H17Cl2N5O4/c1-10-3-5-12(8-13(10)22)27-19(29)17-18(20(27)30)26(25-24-17)9-16(28)23-14-7-11(21)4-6-15(14)31-2/h3-8,17-18H,9H2,1-2H3,(H,23,28)/t17-,18-/m0/s1. The number of carbonyl (C=O) groups excluding carboxylic acids is 3. The summed E-state index contributed by atoms with van der Waals surface area (Å²) in [5.74, 6) is -1.09. The molecule has 2 aromatic rings. The number of hydrogen-bond acceptors (Lipinski definition) is 7. The SMILES string of the molecule is COc1ccc(Cl)cc1NC(=O)CN1N=N[C@@H]2C(=O)N(c3ccc(C)c(Cl)c3)C(=O)[C@H]21. The molecular weight excluding hydrogens is 445 g/mol. The molecule has 2 aliphatic rings. The van der Waals surface area contributed by atoms with Crippen molar-refractivity contribution in [2.24, 2.45) is 10.3 Å². The Morgan fingerprint density at radius 1 is 1.16 bits per heavy atom. The maximum absolute atomic E-state index is 13.0. The van der Waals surface area contributed by atoms with Crippen LogP contribution in [0.4, 0.5) is 11.4 Å². The number of halogens is 2. The van der Waals surface area contributed by atoms with Crippen LogP contribution in [0.15, 0.2) is 46.7 Å². The lowest BCUT2D eigenvalue weighted by Gasteiger charge is -2.20. The van der Waals surface area contributed by atoms with Gasteiger partial charge in [-0.2, -0.15) is 5.11 Å². The minimum Gasteiger partial charge on any atom is -0.495 e. The molecule has 3 amide bonds. The molecule has 31 heavy (non-hydrogen) atoms. The number of methoxy groups -OCH3 is 1. The summed E-state index contributed by atoms with van der Waals surface area (Å²) in [5, 5.41) is 12.5. The summed E-state index contributed by atoms with van der Waals surface area (Å²) in [6, 6.07) is 7.68. The molecule has 11 heteroatoms. The molecule has 160 valence electrons. The monoisotopic (exact) mass is 461 g/mol. The van der Waals surface area contributed by atoms with Gasteiger partial charge in [0.25, 0.3) is 11.8 Å². The third-order valence-electron chi connectivity index (χ3n) is 5.01. The fraction of sp³-hybridized carbons (Fsp3) is 0.250. The number of nitrogens with zero attached hydrogens (tertiary/aromatic N) is 4. The van der Waals surface area contributed by atoms with Crippen LogP contribution in [-0.4, -0.2) is 48.5 Å². The molecule has 0 radical (unpaired) electrons. The lowest BCUT2D eigenvalue weighted by molar-refractivity contribution is -0.123. The topological polar surface area (TPSA) is 104 Å². The first-order valence-electron chi connectivity index (χ1n) is 9.25. The lowest BCUT2D eigenvalue weighted by atomic mass is 10.1. The highest BCUT2D eigenvalue weighted by atomic mass is 35.5. The number of hydrogen-bond donors (Lipinski definition) is 1. The van der Waals surface area contributed by atoms with Crippen molar-refractivity contribution in [1.82, 2.24) is 5.01 Å². The first-order chi connectivity index (χ1) is 14.8. The summed E-state index contributed by atoms with van der Waals surface area (Å²) in [7, 11) is 1.47. The van der Waals surface area contributed by atoms with Crippen LogP contribution >= 0.6 is 23.2 Å². The largest absolute Gasteiger partial charge is 0.495 e. The second kappa shape index (κ2) is 8.16. The fourth-order valence-electron chi connectivity index (χ4n) is 3.44. The second-order valence-electron chi connectivity index (χ2n) is 7.03. The van der Waals surface area contributed by atoms with Crippen molar-refractivity contribution in [2.45, 2.75) is 19.0 Å². The summed E-state index contributed by atoms with van der Waals surface area (Å²) in [4.78, 5) is 39.4. The molecule has 1 N–H and O–H groups in total. The number of aryl methyl sites for hydroxylation is 1. The number of anilines is 2. The van der Waals surface area contributed by atoms with E-state index in [4.69, 9.17) is 27.9 Å². The average Bonchev–Trinajstić information content (AvgIpc) is 3.24. The molecule has 0 aliphatic carbocycles. The summed E-state index contributed by atoms with van der Waals surface area (Å²) in [5.41, 5.74) is 1.54. The van der Waals surface area contributed by atoms with Gasteiger partial charge in [-0.3, -0.25) is 19.4 Å². The highest BCUT2D eigenvalue weighted by molar-refractivity contribution is 6.32. The van der Waals surface area contributed by atoms with Crippen LogP contribution < -0.4 is 15.0 Å². The molecule has 4 rings (SSSR count). The number of fused-ring (bicyclic) bond motifs is 1. The van der Waals surface area contributed by atoms with Gasteiger partial charge in [-0.1, -0.05) is 34.5 Å². The number of ether oxygens (including phenoxy) is 1. The van der Waals surface area contributed by atoms with Gasteiger partial charge in [0.15, 0.2) is 12.1 Å². The van der Waals surface area contributed by atoms with Crippen LogP contribution in [0.2, 0.25) is 10.0 Å². The van der Waals surface area contributed by atoms with E-state index in [0.717, 1.165) is 10.5 Å². The third kappa shape index (κ3) is 3.82. The normalized spacial score (nSPS) is 19.7. The zero-order valence-electron chi connectivity index (χ0n) is 16.5. The van der Waals surface area contributed by atoms with Crippen molar-refractivity contribution in [3.05, 3.63) is 52.0 Å². The van der Waals surface area contributed by atoms with E-state index in [1.807, 2.05) is 6.92 Å². The lowest BCUT2D eigenvalue weighted by Crippen LogP contribution is -2.43. The molecule has 0 aromatic heterocycles. The van der Waals surface area contributed by atoms with Crippen molar-refractivity contribution in [2.75, 3.05) is 23.9 Å². The van der Waals surface area contributed by atoms with Gasteiger partial charge in [-0.15, -0.1) is 0 Å². The van der Waals surface area contributed by atoms with E-state index >= 15 is 0 Å². The van der Waals surface area contributed by atoms with E-state index < -0.39 is 29.8 Å². The van der Waals surface area contributed by atoms with Crippen molar-refractivity contribution < 1.29 is 19.1 Å². The van der Waals surface area contributed by atoms with Gasteiger partial charge in [0.2, 0.25) is 5.91 Å². The number of carbonyl (C=O) groups is 3. The van der Waals surface area contributed by atoms with Crippen LogP contribution in [0.25, 0.3) is 0 Å². The number of nitrogens with one attached hydrogen (secondary N) is 1. The number of rotatable bonds is 5. The molecule has 2 aliphatic heterocycles. The molecule has 2 heterocycles. The fourth-order valence-corrected chi connectivity index (χ4v) is 3.79. The van der Waals surface area contributed by atoms with E-state index in [2.05, 4.69) is 15.7 Å². The number of amides is 3. The molecule has 0 unspecified atom stereocenters. The Labute approximate surface area is 187 Å². The van der Waals surface area contributed by atoms with Crippen LogP contribution in [-0.2, 0) is 14.4 Å². The molecule has 1 fully saturated rings. The van der Waals surface area contributed by atoms with Crippen molar-refractivity contribution in [3.8, 4) is 5.75 Å². The summed E-state index contributed by atoms with van der Waals surface area (Å²) in [6.07, 6.45) is 0. The van der Waals surface area contributed by atoms with E-state index in [9.17, 15) is 14.4 Å². The minimum absolute atomic E-state index is 0.290. The van der Waals surface area contributed by atoms with Crippen LogP contribution in [0.5, 0.6) is 5.75 Å². The molecule has 2 aromatic carbocycles. The second-order valence-corrected chi connectivity index (χ2v) is 7.87. The van der Waals surface area contributed by atoms with E-state index in [0.29, 0.717) is 27.2 Å². The Hall–Kier alpha value is -3.17. The van der Waals surface area contributed by atoms with E-state index in [1.54, 1.807) is 36.4 Å². The zero-order chi connectivity index (χ0) is 22.3. The Morgan fingerprint density at radius 2 is 1.94 bits per heavy atom. The third-order valence-corrected chi connectivity index (χ3v) is 5.66. The van der Waals surface area contributed by atoms with Gasteiger partial charge < -0.3 is 10.1 Å². The van der Waals surface area contributed by atoms with Crippen LogP contribution in [0.3, 0.4) is 0 Å². The molecule has 0 bridgehead atoms. The first kappa shape index (κ1) is 21.1. The predicted octanol–water partition coefficient (Wildman–Crippen LogP) is 3.24. The van der Waals surface area contributed by atoms with Crippen LogP contribution in [0, 0.1) is 6.92 Å². The molecule has 2 atom stereocenters. The number of benzene rings is 2. The Balaban J connectivity index is 1.51. The summed E-state index contributed by atoms with van der Waals surface area (Å²) in [6.45, 7) is 1.53. The summed E-state index contributed by atoms with van der Waals surface area (Å²) >= 11 is 12.1. The molecule has 0 saturated carbocycles. The quantitative estimate of drug-likeness (QED) is 0.688.